The van der Waals surface area contributed by atoms with E-state index in [1.54, 1.807) is 6.92 Å². The number of piperazine rings is 1. The molecule has 2 aliphatic heterocycles. The van der Waals surface area contributed by atoms with Crippen molar-refractivity contribution in [1.82, 2.24) is 20.4 Å². The number of carbonyl (C=O) groups excluding carboxylic acids is 2. The summed E-state index contributed by atoms with van der Waals surface area (Å²) in [5.74, 6) is 0.167. The molecule has 1 aromatic rings. The van der Waals surface area contributed by atoms with Gasteiger partial charge >= 0.3 is 0 Å². The average molecular weight is 415 g/mol. The van der Waals surface area contributed by atoms with Crippen LogP contribution in [-0.2, 0) is 9.59 Å². The largest absolute Gasteiger partial charge is 0.352 e. The first-order valence-electron chi connectivity index (χ1n) is 9.28. The number of benzene rings is 1. The molecule has 2 fully saturated rings. The molecule has 1 unspecified atom stereocenters. The number of hydrogen-bond donors (Lipinski definition) is 2. The van der Waals surface area contributed by atoms with Gasteiger partial charge in [0, 0.05) is 56.8 Å². The van der Waals surface area contributed by atoms with Gasteiger partial charge in [0.05, 0.1) is 6.54 Å². The van der Waals surface area contributed by atoms with Crippen molar-refractivity contribution >= 4 is 35.8 Å². The number of likely N-dealkylation sites (tertiary alicyclic amines) is 1. The van der Waals surface area contributed by atoms with Crippen LogP contribution in [0, 0.1) is 0 Å². The van der Waals surface area contributed by atoms with Crippen molar-refractivity contribution in [3.63, 3.8) is 0 Å². The predicted octanol–water partition coefficient (Wildman–Crippen LogP) is 1.84. The van der Waals surface area contributed by atoms with Crippen LogP contribution in [0.1, 0.15) is 31.4 Å². The summed E-state index contributed by atoms with van der Waals surface area (Å²) in [5.41, 5.74) is 1.13. The number of halogens is 2. The Balaban J connectivity index is 0.00000261. The molecule has 1 aromatic carbocycles. The van der Waals surface area contributed by atoms with Gasteiger partial charge in [-0.05, 0) is 30.5 Å². The Morgan fingerprint density at radius 3 is 2.67 bits per heavy atom. The smallest absolute Gasteiger partial charge is 0.234 e. The van der Waals surface area contributed by atoms with Crippen molar-refractivity contribution < 1.29 is 9.59 Å². The minimum absolute atomic E-state index is 0. The molecule has 1 atom stereocenters. The van der Waals surface area contributed by atoms with Crippen molar-refractivity contribution in [2.45, 2.75) is 31.8 Å². The molecule has 0 saturated carbocycles. The van der Waals surface area contributed by atoms with Gasteiger partial charge in [-0.1, -0.05) is 23.7 Å². The molecular formula is C19H28Cl2N4O2. The maximum absolute atomic E-state index is 12.6. The Morgan fingerprint density at radius 2 is 2.00 bits per heavy atom. The summed E-state index contributed by atoms with van der Waals surface area (Å²) in [4.78, 5) is 28.0. The third kappa shape index (κ3) is 6.07. The van der Waals surface area contributed by atoms with Crippen LogP contribution in [-0.4, -0.2) is 66.9 Å². The van der Waals surface area contributed by atoms with E-state index in [4.69, 9.17) is 11.6 Å². The first-order valence-corrected chi connectivity index (χ1v) is 9.66. The predicted molar refractivity (Wildman–Crippen MR) is 109 cm³/mol. The zero-order valence-electron chi connectivity index (χ0n) is 15.6. The lowest BCUT2D eigenvalue weighted by Crippen LogP contribution is -2.52. The molecule has 0 spiro atoms. The fourth-order valence-corrected chi connectivity index (χ4v) is 3.97. The normalized spacial score (nSPS) is 21.4. The second kappa shape index (κ2) is 10.3. The van der Waals surface area contributed by atoms with E-state index >= 15 is 0 Å². The molecule has 2 N–H and O–H groups in total. The fraction of sp³-hybridized carbons (Fsp3) is 0.579. The average Bonchev–Trinajstić information content (AvgIpc) is 2.62. The van der Waals surface area contributed by atoms with Gasteiger partial charge in [0.25, 0.3) is 0 Å². The zero-order chi connectivity index (χ0) is 18.5. The highest BCUT2D eigenvalue weighted by Crippen LogP contribution is 2.24. The summed E-state index contributed by atoms with van der Waals surface area (Å²) in [6.07, 6.45) is 1.65. The lowest BCUT2D eigenvalue weighted by molar-refractivity contribution is -0.130. The summed E-state index contributed by atoms with van der Waals surface area (Å²) < 4.78 is 0. The van der Waals surface area contributed by atoms with Crippen LogP contribution in [0.4, 0.5) is 0 Å². The van der Waals surface area contributed by atoms with Gasteiger partial charge in [-0.2, -0.15) is 0 Å². The lowest BCUT2D eigenvalue weighted by Gasteiger charge is -2.37. The van der Waals surface area contributed by atoms with E-state index in [1.807, 2.05) is 23.1 Å². The van der Waals surface area contributed by atoms with Gasteiger partial charge in [0.15, 0.2) is 0 Å². The summed E-state index contributed by atoms with van der Waals surface area (Å²) >= 11 is 6.13. The molecule has 0 radical (unpaired) electrons. The van der Waals surface area contributed by atoms with Crippen molar-refractivity contribution in [2.75, 3.05) is 39.3 Å². The van der Waals surface area contributed by atoms with E-state index in [0.717, 1.165) is 56.2 Å². The highest BCUT2D eigenvalue weighted by Gasteiger charge is 2.27. The van der Waals surface area contributed by atoms with Crippen LogP contribution in [0.2, 0.25) is 5.02 Å². The number of piperidine rings is 1. The minimum Gasteiger partial charge on any atom is -0.352 e. The van der Waals surface area contributed by atoms with Crippen LogP contribution >= 0.6 is 24.0 Å². The summed E-state index contributed by atoms with van der Waals surface area (Å²) in [5, 5.41) is 7.26. The summed E-state index contributed by atoms with van der Waals surface area (Å²) in [7, 11) is 0. The second-order valence-electron chi connectivity index (χ2n) is 7.09. The molecule has 0 aromatic heterocycles. The van der Waals surface area contributed by atoms with E-state index < -0.39 is 0 Å². The minimum atomic E-state index is 0. The Morgan fingerprint density at radius 1 is 1.26 bits per heavy atom. The van der Waals surface area contributed by atoms with Gasteiger partial charge in [-0.3, -0.25) is 14.5 Å². The van der Waals surface area contributed by atoms with Crippen LogP contribution in [0.5, 0.6) is 0 Å². The molecule has 2 amide bonds. The van der Waals surface area contributed by atoms with E-state index in [0.29, 0.717) is 6.54 Å². The first kappa shape index (κ1) is 22.0. The molecule has 0 aliphatic carbocycles. The first-order chi connectivity index (χ1) is 12.5. The third-order valence-electron chi connectivity index (χ3n) is 5.24. The van der Waals surface area contributed by atoms with Crippen molar-refractivity contribution in [2.24, 2.45) is 0 Å². The Bertz CT molecular complexity index is 650. The molecule has 2 saturated heterocycles. The molecule has 27 heavy (non-hydrogen) atoms. The topological polar surface area (TPSA) is 64.7 Å². The molecule has 2 heterocycles. The van der Waals surface area contributed by atoms with Gasteiger partial charge in [0.2, 0.25) is 11.8 Å². The van der Waals surface area contributed by atoms with Crippen LogP contribution < -0.4 is 10.6 Å². The Hall–Kier alpha value is -1.34. The van der Waals surface area contributed by atoms with Crippen molar-refractivity contribution in [3.8, 4) is 0 Å². The molecule has 0 bridgehead atoms. The molecule has 8 heteroatoms. The summed E-state index contributed by atoms with van der Waals surface area (Å²) in [6.45, 7) is 5.93. The zero-order valence-corrected chi connectivity index (χ0v) is 17.2. The molecule has 2 aliphatic rings. The SMILES string of the molecule is CC(=O)N1CCC(NC(=O)CN2CCNCC2c2cccc(Cl)c2)CC1.Cl. The highest BCUT2D eigenvalue weighted by atomic mass is 35.5. The maximum Gasteiger partial charge on any atom is 0.234 e. The number of rotatable bonds is 4. The van der Waals surface area contributed by atoms with E-state index in [9.17, 15) is 9.59 Å². The van der Waals surface area contributed by atoms with Crippen molar-refractivity contribution in [3.05, 3.63) is 34.9 Å². The number of nitrogens with one attached hydrogen (secondary N) is 2. The van der Waals surface area contributed by atoms with E-state index in [-0.39, 0.29) is 36.3 Å². The number of nitrogens with zero attached hydrogens (tertiary/aromatic N) is 2. The van der Waals surface area contributed by atoms with Crippen LogP contribution in [0.25, 0.3) is 0 Å². The monoisotopic (exact) mass is 414 g/mol. The van der Waals surface area contributed by atoms with E-state index in [1.165, 1.54) is 0 Å². The molecular weight excluding hydrogens is 387 g/mol. The molecule has 150 valence electrons. The third-order valence-corrected chi connectivity index (χ3v) is 5.47. The van der Waals surface area contributed by atoms with Gasteiger partial charge in [-0.25, -0.2) is 0 Å². The van der Waals surface area contributed by atoms with E-state index in [2.05, 4.69) is 21.6 Å². The number of carbonyl (C=O) groups is 2. The molecule has 3 rings (SSSR count). The van der Waals surface area contributed by atoms with Gasteiger partial charge < -0.3 is 15.5 Å². The fourth-order valence-electron chi connectivity index (χ4n) is 3.77. The molecule has 6 nitrogen and oxygen atoms in total. The van der Waals surface area contributed by atoms with Gasteiger partial charge in [0.1, 0.15) is 0 Å². The Labute approximate surface area is 172 Å². The lowest BCUT2D eigenvalue weighted by atomic mass is 10.0. The van der Waals surface area contributed by atoms with Crippen LogP contribution in [0.15, 0.2) is 24.3 Å². The maximum atomic E-state index is 12.6. The second-order valence-corrected chi connectivity index (χ2v) is 7.53. The number of hydrogen-bond acceptors (Lipinski definition) is 4. The Kier molecular flexibility index (Phi) is 8.35. The highest BCUT2D eigenvalue weighted by molar-refractivity contribution is 6.30. The number of amides is 2. The van der Waals surface area contributed by atoms with Gasteiger partial charge in [-0.15, -0.1) is 12.4 Å². The quantitative estimate of drug-likeness (QED) is 0.788. The summed E-state index contributed by atoms with van der Waals surface area (Å²) in [6, 6.07) is 8.16. The van der Waals surface area contributed by atoms with Crippen molar-refractivity contribution in [1.29, 1.82) is 0 Å². The standard InChI is InChI=1S/C19H27ClN4O2.ClH/c1-14(25)23-8-5-17(6-9-23)22-19(26)13-24-10-7-21-12-18(24)15-3-2-4-16(20)11-15;/h2-4,11,17-18,21H,5-10,12-13H2,1H3,(H,22,26);1H. The van der Waals surface area contributed by atoms with Crippen LogP contribution in [0.3, 0.4) is 0 Å².